The zero-order valence-electron chi connectivity index (χ0n) is 8.45. The number of rotatable bonds is 0. The molecule has 0 aliphatic carbocycles. The number of aromatic nitrogens is 3. The van der Waals surface area contributed by atoms with E-state index in [4.69, 9.17) is 11.6 Å². The van der Waals surface area contributed by atoms with Gasteiger partial charge in [-0.1, -0.05) is 32.4 Å². The molecule has 0 spiro atoms. The van der Waals surface area contributed by atoms with Crippen molar-refractivity contribution in [2.45, 2.75) is 26.2 Å². The van der Waals surface area contributed by atoms with Crippen LogP contribution in [-0.2, 0) is 5.41 Å². The largest absolute Gasteiger partial charge is 0.219 e. The first kappa shape index (κ1) is 9.46. The summed E-state index contributed by atoms with van der Waals surface area (Å²) in [6.07, 6.45) is 1.73. The topological polar surface area (TPSA) is 30.2 Å². The number of halogens is 1. The first-order valence-corrected chi connectivity index (χ1v) is 4.87. The second kappa shape index (κ2) is 2.95. The van der Waals surface area contributed by atoms with Gasteiger partial charge in [-0.25, -0.2) is 9.50 Å². The lowest BCUT2D eigenvalue weighted by atomic mass is 9.92. The standard InChI is InChI=1S/C10H12ClN3/c1-10(2,3)7-6-8(11)13-9-4-5-12-14(7)9/h4-6H,1-3H3. The molecule has 74 valence electrons. The average molecular weight is 210 g/mol. The van der Waals surface area contributed by atoms with Crippen molar-refractivity contribution in [2.75, 3.05) is 0 Å². The maximum atomic E-state index is 5.93. The third-order valence-corrected chi connectivity index (χ3v) is 2.29. The van der Waals surface area contributed by atoms with Crippen LogP contribution in [0.2, 0.25) is 5.15 Å². The van der Waals surface area contributed by atoms with Gasteiger partial charge in [0.1, 0.15) is 5.15 Å². The minimum absolute atomic E-state index is 0.0108. The van der Waals surface area contributed by atoms with E-state index in [1.165, 1.54) is 0 Å². The molecule has 0 radical (unpaired) electrons. The summed E-state index contributed by atoms with van der Waals surface area (Å²) in [5.41, 5.74) is 1.87. The van der Waals surface area contributed by atoms with Crippen molar-refractivity contribution < 1.29 is 0 Å². The molecule has 2 rings (SSSR count). The highest BCUT2D eigenvalue weighted by Gasteiger charge is 2.19. The predicted octanol–water partition coefficient (Wildman–Crippen LogP) is 2.68. The van der Waals surface area contributed by atoms with Gasteiger partial charge in [0.25, 0.3) is 0 Å². The van der Waals surface area contributed by atoms with Gasteiger partial charge < -0.3 is 0 Å². The average Bonchev–Trinajstić information content (AvgIpc) is 2.47. The normalized spacial score (nSPS) is 12.3. The molecule has 0 unspecified atom stereocenters. The van der Waals surface area contributed by atoms with E-state index in [0.29, 0.717) is 5.15 Å². The molecule has 0 saturated carbocycles. The maximum absolute atomic E-state index is 5.93. The van der Waals surface area contributed by atoms with Gasteiger partial charge in [0.05, 0.1) is 11.9 Å². The van der Waals surface area contributed by atoms with Crippen LogP contribution in [0.3, 0.4) is 0 Å². The van der Waals surface area contributed by atoms with E-state index >= 15 is 0 Å². The first-order chi connectivity index (χ1) is 6.48. The molecule has 0 atom stereocenters. The summed E-state index contributed by atoms with van der Waals surface area (Å²) in [5, 5.41) is 4.74. The summed E-state index contributed by atoms with van der Waals surface area (Å²) < 4.78 is 1.83. The highest BCUT2D eigenvalue weighted by atomic mass is 35.5. The van der Waals surface area contributed by atoms with Gasteiger partial charge in [-0.3, -0.25) is 0 Å². The highest BCUT2D eigenvalue weighted by molar-refractivity contribution is 6.29. The Balaban J connectivity index is 2.80. The SMILES string of the molecule is CC(C)(C)c1cc(Cl)nc2ccnn12. The molecule has 2 heterocycles. The molecule has 0 aromatic carbocycles. The smallest absolute Gasteiger partial charge is 0.156 e. The van der Waals surface area contributed by atoms with Crippen molar-refractivity contribution in [1.29, 1.82) is 0 Å². The molecule has 3 nitrogen and oxygen atoms in total. The Bertz CT molecular complexity index is 468. The van der Waals surface area contributed by atoms with Gasteiger partial charge in [-0.05, 0) is 6.07 Å². The number of hydrogen-bond acceptors (Lipinski definition) is 2. The third kappa shape index (κ3) is 1.48. The first-order valence-electron chi connectivity index (χ1n) is 4.49. The van der Waals surface area contributed by atoms with Gasteiger partial charge in [-0.2, -0.15) is 5.10 Å². The maximum Gasteiger partial charge on any atom is 0.156 e. The summed E-state index contributed by atoms with van der Waals surface area (Å²) >= 11 is 5.93. The van der Waals surface area contributed by atoms with E-state index in [-0.39, 0.29) is 5.41 Å². The minimum Gasteiger partial charge on any atom is -0.219 e. The summed E-state index contributed by atoms with van der Waals surface area (Å²) in [6, 6.07) is 3.71. The number of fused-ring (bicyclic) bond motifs is 1. The summed E-state index contributed by atoms with van der Waals surface area (Å²) in [5.74, 6) is 0. The van der Waals surface area contributed by atoms with E-state index in [1.807, 2.05) is 16.6 Å². The molecule has 4 heteroatoms. The molecule has 14 heavy (non-hydrogen) atoms. The molecule has 0 N–H and O–H groups in total. The fourth-order valence-corrected chi connectivity index (χ4v) is 1.61. The second-order valence-electron chi connectivity index (χ2n) is 4.32. The van der Waals surface area contributed by atoms with Crippen LogP contribution in [-0.4, -0.2) is 14.6 Å². The van der Waals surface area contributed by atoms with Crippen molar-refractivity contribution in [1.82, 2.24) is 14.6 Å². The molecule has 2 aromatic rings. The lowest BCUT2D eigenvalue weighted by molar-refractivity contribution is 0.546. The Labute approximate surface area is 87.7 Å². The lowest BCUT2D eigenvalue weighted by Gasteiger charge is -2.19. The summed E-state index contributed by atoms with van der Waals surface area (Å²) in [7, 11) is 0. The number of hydrogen-bond donors (Lipinski definition) is 0. The molecule has 0 aliphatic rings. The lowest BCUT2D eigenvalue weighted by Crippen LogP contribution is -2.17. The van der Waals surface area contributed by atoms with Crippen molar-refractivity contribution in [3.05, 3.63) is 29.2 Å². The van der Waals surface area contributed by atoms with Gasteiger partial charge in [-0.15, -0.1) is 0 Å². The molecular weight excluding hydrogens is 198 g/mol. The Morgan fingerprint density at radius 2 is 2.07 bits per heavy atom. The zero-order chi connectivity index (χ0) is 10.3. The Kier molecular flexibility index (Phi) is 2.00. The van der Waals surface area contributed by atoms with Crippen molar-refractivity contribution in [2.24, 2.45) is 0 Å². The quantitative estimate of drug-likeness (QED) is 0.625. The highest BCUT2D eigenvalue weighted by Crippen LogP contribution is 2.24. The van der Waals surface area contributed by atoms with E-state index in [1.54, 1.807) is 6.20 Å². The molecule has 0 fully saturated rings. The van der Waals surface area contributed by atoms with Crippen LogP contribution in [0, 0.1) is 0 Å². The van der Waals surface area contributed by atoms with E-state index in [0.717, 1.165) is 11.3 Å². The molecular formula is C10H12ClN3. The van der Waals surface area contributed by atoms with E-state index in [9.17, 15) is 0 Å². The van der Waals surface area contributed by atoms with Crippen LogP contribution in [0.5, 0.6) is 0 Å². The van der Waals surface area contributed by atoms with Crippen LogP contribution in [0.4, 0.5) is 0 Å². The molecule has 0 aliphatic heterocycles. The van der Waals surface area contributed by atoms with Crippen molar-refractivity contribution in [3.8, 4) is 0 Å². The fourth-order valence-electron chi connectivity index (χ4n) is 1.42. The van der Waals surface area contributed by atoms with Gasteiger partial charge in [0, 0.05) is 11.5 Å². The van der Waals surface area contributed by atoms with E-state index in [2.05, 4.69) is 30.9 Å². The molecule has 0 saturated heterocycles. The van der Waals surface area contributed by atoms with Crippen LogP contribution in [0.25, 0.3) is 5.65 Å². The van der Waals surface area contributed by atoms with Crippen LogP contribution >= 0.6 is 11.6 Å². The molecule has 0 amide bonds. The third-order valence-electron chi connectivity index (χ3n) is 2.10. The van der Waals surface area contributed by atoms with Gasteiger partial charge in [0.2, 0.25) is 0 Å². The Morgan fingerprint density at radius 3 is 2.71 bits per heavy atom. The van der Waals surface area contributed by atoms with Crippen LogP contribution in [0.15, 0.2) is 18.3 Å². The fraction of sp³-hybridized carbons (Fsp3) is 0.400. The summed E-state index contributed by atoms with van der Waals surface area (Å²) in [4.78, 5) is 4.18. The number of nitrogens with zero attached hydrogens (tertiary/aromatic N) is 3. The van der Waals surface area contributed by atoms with Gasteiger partial charge in [0.15, 0.2) is 5.65 Å². The van der Waals surface area contributed by atoms with Crippen molar-refractivity contribution >= 4 is 17.2 Å². The van der Waals surface area contributed by atoms with Gasteiger partial charge >= 0.3 is 0 Å². The Morgan fingerprint density at radius 1 is 1.36 bits per heavy atom. The van der Waals surface area contributed by atoms with E-state index < -0.39 is 0 Å². The second-order valence-corrected chi connectivity index (χ2v) is 4.70. The van der Waals surface area contributed by atoms with Crippen LogP contribution in [0.1, 0.15) is 26.5 Å². The predicted molar refractivity (Wildman–Crippen MR) is 56.7 cm³/mol. The molecule has 0 bridgehead atoms. The monoisotopic (exact) mass is 209 g/mol. The molecule has 2 aromatic heterocycles. The van der Waals surface area contributed by atoms with Crippen molar-refractivity contribution in [3.63, 3.8) is 0 Å². The van der Waals surface area contributed by atoms with Crippen LogP contribution < -0.4 is 0 Å². The Hall–Kier alpha value is -1.09. The minimum atomic E-state index is 0.0108. The zero-order valence-corrected chi connectivity index (χ0v) is 9.21. The summed E-state index contributed by atoms with van der Waals surface area (Å²) in [6.45, 7) is 6.37.